The summed E-state index contributed by atoms with van der Waals surface area (Å²) in [6, 6.07) is 15.8. The number of fused-ring (bicyclic) bond motifs is 2. The number of hydrogen-bond donors (Lipinski definition) is 2. The lowest BCUT2D eigenvalue weighted by Crippen LogP contribution is -2.45. The van der Waals surface area contributed by atoms with Crippen LogP contribution in [0, 0.1) is 0 Å². The van der Waals surface area contributed by atoms with Crippen LogP contribution >= 0.6 is 0 Å². The van der Waals surface area contributed by atoms with Gasteiger partial charge in [-0.2, -0.15) is 0 Å². The summed E-state index contributed by atoms with van der Waals surface area (Å²) in [6.45, 7) is 0.845. The average Bonchev–Trinajstić information content (AvgIpc) is 2.66. The van der Waals surface area contributed by atoms with E-state index in [0.717, 1.165) is 30.8 Å². The minimum Gasteiger partial charge on any atom is -0.486 e. The van der Waals surface area contributed by atoms with Crippen LogP contribution in [-0.2, 0) is 6.42 Å². The number of urea groups is 1. The lowest BCUT2D eigenvalue weighted by atomic mass is 9.88. The topological polar surface area (TPSA) is 59.6 Å². The Kier molecular flexibility index (Phi) is 4.46. The van der Waals surface area contributed by atoms with Crippen LogP contribution in [0.15, 0.2) is 48.5 Å². The normalized spacial score (nSPS) is 21.1. The molecule has 0 spiro atoms. The SMILES string of the molecule is O=C(NCC1COc2ccccc2O1)NC1CCCc2ccccc21. The van der Waals surface area contributed by atoms with Gasteiger partial charge in [0.2, 0.25) is 0 Å². The summed E-state index contributed by atoms with van der Waals surface area (Å²) in [7, 11) is 0. The number of ether oxygens (including phenoxy) is 2. The molecule has 1 aliphatic heterocycles. The number of aryl methyl sites for hydroxylation is 1. The second kappa shape index (κ2) is 7.05. The van der Waals surface area contributed by atoms with Crippen molar-refractivity contribution in [3.8, 4) is 11.5 Å². The van der Waals surface area contributed by atoms with Crippen LogP contribution in [0.1, 0.15) is 30.0 Å². The fourth-order valence-corrected chi connectivity index (χ4v) is 3.48. The third-order valence-corrected chi connectivity index (χ3v) is 4.73. The quantitative estimate of drug-likeness (QED) is 0.903. The molecule has 2 N–H and O–H groups in total. The molecule has 5 heteroatoms. The zero-order valence-corrected chi connectivity index (χ0v) is 14.0. The van der Waals surface area contributed by atoms with Crippen molar-refractivity contribution in [2.75, 3.05) is 13.2 Å². The van der Waals surface area contributed by atoms with Crippen molar-refractivity contribution in [3.63, 3.8) is 0 Å². The highest BCUT2D eigenvalue weighted by molar-refractivity contribution is 5.74. The molecule has 0 saturated carbocycles. The standard InChI is InChI=1S/C20H22N2O3/c23-20(22-17-9-5-7-14-6-1-2-8-16(14)17)21-12-15-13-24-18-10-3-4-11-19(18)25-15/h1-4,6,8,10-11,15,17H,5,7,9,12-13H2,(H2,21,22,23). The van der Waals surface area contributed by atoms with Gasteiger partial charge in [-0.1, -0.05) is 36.4 Å². The first-order chi connectivity index (χ1) is 12.3. The molecule has 0 radical (unpaired) electrons. The first-order valence-electron chi connectivity index (χ1n) is 8.80. The molecule has 130 valence electrons. The highest BCUT2D eigenvalue weighted by Crippen LogP contribution is 2.31. The maximum atomic E-state index is 12.3. The van der Waals surface area contributed by atoms with E-state index < -0.39 is 0 Å². The number of carbonyl (C=O) groups is 1. The monoisotopic (exact) mass is 338 g/mol. The summed E-state index contributed by atoms with van der Waals surface area (Å²) >= 11 is 0. The zero-order chi connectivity index (χ0) is 17.1. The fourth-order valence-electron chi connectivity index (χ4n) is 3.48. The first kappa shape index (κ1) is 15.8. The molecule has 2 unspecified atom stereocenters. The summed E-state index contributed by atoms with van der Waals surface area (Å²) < 4.78 is 11.5. The van der Waals surface area contributed by atoms with E-state index in [1.54, 1.807) is 0 Å². The van der Waals surface area contributed by atoms with E-state index in [4.69, 9.17) is 9.47 Å². The predicted molar refractivity (Wildman–Crippen MR) is 95.0 cm³/mol. The summed E-state index contributed by atoms with van der Waals surface area (Å²) in [5.74, 6) is 1.48. The molecular formula is C20H22N2O3. The van der Waals surface area contributed by atoms with Crippen molar-refractivity contribution >= 4 is 6.03 Å². The van der Waals surface area contributed by atoms with Gasteiger partial charge in [0, 0.05) is 0 Å². The van der Waals surface area contributed by atoms with E-state index in [0.29, 0.717) is 13.2 Å². The van der Waals surface area contributed by atoms with Gasteiger partial charge in [0.25, 0.3) is 0 Å². The molecule has 0 aromatic heterocycles. The van der Waals surface area contributed by atoms with Gasteiger partial charge >= 0.3 is 6.03 Å². The molecule has 4 rings (SSSR count). The van der Waals surface area contributed by atoms with Gasteiger partial charge in [-0.3, -0.25) is 0 Å². The van der Waals surface area contributed by atoms with E-state index in [9.17, 15) is 4.79 Å². The summed E-state index contributed by atoms with van der Waals surface area (Å²) in [6.07, 6.45) is 2.97. The lowest BCUT2D eigenvalue weighted by molar-refractivity contribution is 0.0917. The molecule has 2 aromatic carbocycles. The van der Waals surface area contributed by atoms with E-state index in [1.165, 1.54) is 11.1 Å². The van der Waals surface area contributed by atoms with Crippen LogP contribution in [0.2, 0.25) is 0 Å². The Morgan fingerprint density at radius 1 is 1.08 bits per heavy atom. The second-order valence-corrected chi connectivity index (χ2v) is 6.50. The molecular weight excluding hydrogens is 316 g/mol. The number of carbonyl (C=O) groups excluding carboxylic acids is 1. The molecule has 1 aliphatic carbocycles. The number of para-hydroxylation sites is 2. The maximum Gasteiger partial charge on any atom is 0.315 e. The minimum absolute atomic E-state index is 0.0780. The van der Waals surface area contributed by atoms with Crippen LogP contribution < -0.4 is 20.1 Å². The van der Waals surface area contributed by atoms with Crippen molar-refractivity contribution in [1.29, 1.82) is 0 Å². The van der Waals surface area contributed by atoms with Gasteiger partial charge in [-0.05, 0) is 42.5 Å². The first-order valence-corrected chi connectivity index (χ1v) is 8.80. The summed E-state index contributed by atoms with van der Waals surface area (Å²) in [5.41, 5.74) is 2.56. The van der Waals surface area contributed by atoms with Crippen LogP contribution in [0.3, 0.4) is 0 Å². The van der Waals surface area contributed by atoms with Crippen LogP contribution in [-0.4, -0.2) is 25.3 Å². The minimum atomic E-state index is -0.181. The number of nitrogens with one attached hydrogen (secondary N) is 2. The van der Waals surface area contributed by atoms with Gasteiger partial charge in [-0.25, -0.2) is 4.79 Å². The van der Waals surface area contributed by atoms with Crippen LogP contribution in [0.25, 0.3) is 0 Å². The Labute approximate surface area is 147 Å². The molecule has 2 atom stereocenters. The fraction of sp³-hybridized carbons (Fsp3) is 0.350. The summed E-state index contributed by atoms with van der Waals surface area (Å²) in [5, 5.41) is 5.99. The molecule has 25 heavy (non-hydrogen) atoms. The van der Waals surface area contributed by atoms with E-state index in [1.807, 2.05) is 30.3 Å². The van der Waals surface area contributed by atoms with E-state index in [2.05, 4.69) is 28.8 Å². The lowest BCUT2D eigenvalue weighted by Gasteiger charge is -2.28. The highest BCUT2D eigenvalue weighted by atomic mass is 16.6. The average molecular weight is 338 g/mol. The maximum absolute atomic E-state index is 12.3. The van der Waals surface area contributed by atoms with Gasteiger partial charge < -0.3 is 20.1 Å². The third-order valence-electron chi connectivity index (χ3n) is 4.73. The van der Waals surface area contributed by atoms with Gasteiger partial charge in [0.1, 0.15) is 6.61 Å². The Hall–Kier alpha value is -2.69. The van der Waals surface area contributed by atoms with E-state index in [-0.39, 0.29) is 18.2 Å². The van der Waals surface area contributed by atoms with Gasteiger partial charge in [0.05, 0.1) is 12.6 Å². The Bertz CT molecular complexity index is 762. The van der Waals surface area contributed by atoms with Crippen LogP contribution in [0.5, 0.6) is 11.5 Å². The predicted octanol–water partition coefficient (Wildman–Crippen LogP) is 3.20. The number of benzene rings is 2. The smallest absolute Gasteiger partial charge is 0.315 e. The van der Waals surface area contributed by atoms with Crippen molar-refractivity contribution in [1.82, 2.24) is 10.6 Å². The second-order valence-electron chi connectivity index (χ2n) is 6.50. The number of amides is 2. The van der Waals surface area contributed by atoms with Gasteiger partial charge in [0.15, 0.2) is 17.6 Å². The number of rotatable bonds is 3. The Balaban J connectivity index is 1.31. The number of hydrogen-bond acceptors (Lipinski definition) is 3. The Morgan fingerprint density at radius 3 is 2.80 bits per heavy atom. The van der Waals surface area contributed by atoms with Crippen molar-refractivity contribution in [2.24, 2.45) is 0 Å². The van der Waals surface area contributed by atoms with Crippen molar-refractivity contribution < 1.29 is 14.3 Å². The molecule has 2 aliphatic rings. The molecule has 1 heterocycles. The zero-order valence-electron chi connectivity index (χ0n) is 14.0. The highest BCUT2D eigenvalue weighted by Gasteiger charge is 2.23. The van der Waals surface area contributed by atoms with E-state index >= 15 is 0 Å². The largest absolute Gasteiger partial charge is 0.486 e. The van der Waals surface area contributed by atoms with Crippen molar-refractivity contribution in [3.05, 3.63) is 59.7 Å². The molecule has 2 aromatic rings. The Morgan fingerprint density at radius 2 is 1.88 bits per heavy atom. The summed E-state index contributed by atoms with van der Waals surface area (Å²) in [4.78, 5) is 12.3. The molecule has 5 nitrogen and oxygen atoms in total. The van der Waals surface area contributed by atoms with Gasteiger partial charge in [-0.15, -0.1) is 0 Å². The molecule has 0 fully saturated rings. The molecule has 0 bridgehead atoms. The van der Waals surface area contributed by atoms with Crippen LogP contribution in [0.4, 0.5) is 4.79 Å². The molecule has 0 saturated heterocycles. The molecule has 2 amide bonds. The third kappa shape index (κ3) is 3.55. The van der Waals surface area contributed by atoms with Crippen molar-refractivity contribution in [2.45, 2.75) is 31.4 Å².